The number of rotatable bonds is 4. The fraction of sp³-hybridized carbons (Fsp3) is 0.517. The number of carbonyl (C=O) groups is 2. The number of hydrogen-bond acceptors (Lipinski definition) is 6. The molecule has 0 heterocycles. The van der Waals surface area contributed by atoms with Crippen LogP contribution in [0.25, 0.3) is 6.08 Å². The SMILES string of the molecule is CC1=C[C@]23C(=O)[C@@H](C=C(CO)[C@@H](O)[C@]2(O)[C@H]1OC(=O)/C=C/c1ccccc1)[C@H]1[C@@H](C[C@H]3C)C1(C)C. The second-order valence-corrected chi connectivity index (χ2v) is 11.4. The lowest BCUT2D eigenvalue weighted by Crippen LogP contribution is -2.65. The first-order chi connectivity index (χ1) is 16.5. The molecule has 35 heavy (non-hydrogen) atoms. The fourth-order valence-corrected chi connectivity index (χ4v) is 7.48. The normalized spacial score (nSPS) is 41.3. The van der Waals surface area contributed by atoms with Crippen LogP contribution in [0.3, 0.4) is 0 Å². The Labute approximate surface area is 206 Å². The quantitative estimate of drug-likeness (QED) is 0.349. The molecule has 6 heteroatoms. The van der Waals surface area contributed by atoms with Gasteiger partial charge in [0, 0.05) is 12.0 Å². The molecule has 2 bridgehead atoms. The van der Waals surface area contributed by atoms with Crippen molar-refractivity contribution in [3.63, 3.8) is 0 Å². The van der Waals surface area contributed by atoms with E-state index in [4.69, 9.17) is 4.74 Å². The number of ether oxygens (including phenoxy) is 1. The summed E-state index contributed by atoms with van der Waals surface area (Å²) in [6.45, 7) is 7.47. The van der Waals surface area contributed by atoms with Crippen LogP contribution in [0.2, 0.25) is 0 Å². The van der Waals surface area contributed by atoms with Crippen molar-refractivity contribution in [2.45, 2.75) is 51.9 Å². The first kappa shape index (κ1) is 24.2. The molecule has 0 amide bonds. The van der Waals surface area contributed by atoms with Crippen molar-refractivity contribution < 1.29 is 29.6 Å². The van der Waals surface area contributed by atoms with Gasteiger partial charge in [-0.1, -0.05) is 63.3 Å². The van der Waals surface area contributed by atoms with E-state index in [1.54, 1.807) is 25.2 Å². The van der Waals surface area contributed by atoms with Crippen molar-refractivity contribution in [1.82, 2.24) is 0 Å². The second kappa shape index (κ2) is 7.99. The number of ketones is 1. The highest BCUT2D eigenvalue weighted by atomic mass is 16.6. The van der Waals surface area contributed by atoms with E-state index < -0.39 is 41.7 Å². The van der Waals surface area contributed by atoms with Gasteiger partial charge in [-0.2, -0.15) is 0 Å². The Morgan fingerprint density at radius 3 is 2.57 bits per heavy atom. The number of aliphatic hydroxyl groups is 3. The van der Waals surface area contributed by atoms with Gasteiger partial charge < -0.3 is 20.1 Å². The monoisotopic (exact) mass is 478 g/mol. The molecule has 8 atom stereocenters. The predicted octanol–water partition coefficient (Wildman–Crippen LogP) is 3.08. The van der Waals surface area contributed by atoms with Gasteiger partial charge in [-0.25, -0.2) is 4.79 Å². The summed E-state index contributed by atoms with van der Waals surface area (Å²) in [5.41, 5.74) is -2.03. The van der Waals surface area contributed by atoms with Gasteiger partial charge in [0.15, 0.2) is 17.5 Å². The van der Waals surface area contributed by atoms with Crippen LogP contribution in [0.5, 0.6) is 0 Å². The molecule has 0 unspecified atom stereocenters. The minimum absolute atomic E-state index is 0.0356. The van der Waals surface area contributed by atoms with E-state index in [0.29, 0.717) is 11.5 Å². The molecule has 2 fully saturated rings. The Morgan fingerprint density at radius 2 is 1.91 bits per heavy atom. The van der Waals surface area contributed by atoms with E-state index >= 15 is 0 Å². The van der Waals surface area contributed by atoms with Crippen molar-refractivity contribution in [2.75, 3.05) is 6.61 Å². The maximum absolute atomic E-state index is 14.3. The average molecular weight is 479 g/mol. The molecule has 1 spiro atoms. The van der Waals surface area contributed by atoms with Crippen molar-refractivity contribution in [2.24, 2.45) is 34.5 Å². The van der Waals surface area contributed by atoms with Crippen LogP contribution in [0.4, 0.5) is 0 Å². The van der Waals surface area contributed by atoms with Gasteiger partial charge in [-0.3, -0.25) is 4.79 Å². The smallest absolute Gasteiger partial charge is 0.331 e. The van der Waals surface area contributed by atoms with Gasteiger partial charge in [-0.15, -0.1) is 0 Å². The molecule has 2 saturated carbocycles. The summed E-state index contributed by atoms with van der Waals surface area (Å²) in [5.74, 6) is -1.29. The van der Waals surface area contributed by atoms with Gasteiger partial charge in [0.1, 0.15) is 6.10 Å². The summed E-state index contributed by atoms with van der Waals surface area (Å²) in [7, 11) is 0. The van der Waals surface area contributed by atoms with Crippen molar-refractivity contribution >= 4 is 17.8 Å². The van der Waals surface area contributed by atoms with Gasteiger partial charge in [0.05, 0.1) is 12.0 Å². The number of allylic oxidation sites excluding steroid dienone is 1. The van der Waals surface area contributed by atoms with E-state index in [-0.39, 0.29) is 28.6 Å². The third kappa shape index (κ3) is 3.19. The number of aliphatic hydroxyl groups excluding tert-OH is 2. The van der Waals surface area contributed by atoms with Crippen LogP contribution < -0.4 is 0 Å². The van der Waals surface area contributed by atoms with E-state index in [9.17, 15) is 24.9 Å². The Hall–Kier alpha value is -2.54. The van der Waals surface area contributed by atoms with Gasteiger partial charge >= 0.3 is 5.97 Å². The Kier molecular flexibility index (Phi) is 5.51. The summed E-state index contributed by atoms with van der Waals surface area (Å²) in [6, 6.07) is 9.28. The summed E-state index contributed by atoms with van der Waals surface area (Å²) in [4.78, 5) is 27.1. The molecule has 186 valence electrons. The minimum atomic E-state index is -2.12. The van der Waals surface area contributed by atoms with Crippen LogP contribution in [-0.2, 0) is 14.3 Å². The molecular weight excluding hydrogens is 444 g/mol. The fourth-order valence-electron chi connectivity index (χ4n) is 7.48. The average Bonchev–Trinajstić information content (AvgIpc) is 3.32. The highest BCUT2D eigenvalue weighted by Gasteiger charge is 2.76. The number of Topliss-reactive ketones (excluding diaryl/α,β-unsaturated/α-hetero) is 1. The number of fused-ring (bicyclic) bond motifs is 3. The third-order valence-electron chi connectivity index (χ3n) is 9.34. The summed E-state index contributed by atoms with van der Waals surface area (Å²) in [5, 5.41) is 34.0. The van der Waals surface area contributed by atoms with E-state index in [1.165, 1.54) is 6.08 Å². The first-order valence-corrected chi connectivity index (χ1v) is 12.4. The van der Waals surface area contributed by atoms with Crippen molar-refractivity contribution in [3.05, 3.63) is 65.3 Å². The molecule has 1 aromatic carbocycles. The van der Waals surface area contributed by atoms with Gasteiger partial charge in [0.2, 0.25) is 0 Å². The molecule has 0 radical (unpaired) electrons. The zero-order chi connectivity index (χ0) is 25.3. The Balaban J connectivity index is 1.56. The van der Waals surface area contributed by atoms with Crippen LogP contribution >= 0.6 is 0 Å². The van der Waals surface area contributed by atoms with Crippen molar-refractivity contribution in [3.8, 4) is 0 Å². The number of hydrogen-bond donors (Lipinski definition) is 3. The largest absolute Gasteiger partial charge is 0.451 e. The predicted molar refractivity (Wildman–Crippen MR) is 131 cm³/mol. The van der Waals surface area contributed by atoms with Crippen LogP contribution in [-0.4, -0.2) is 51.5 Å². The summed E-state index contributed by atoms with van der Waals surface area (Å²) >= 11 is 0. The van der Waals surface area contributed by atoms with Crippen LogP contribution in [0.15, 0.2) is 59.7 Å². The zero-order valence-electron chi connectivity index (χ0n) is 20.6. The summed E-state index contributed by atoms with van der Waals surface area (Å²) in [6.07, 6.45) is 4.23. The molecule has 0 saturated heterocycles. The van der Waals surface area contributed by atoms with E-state index in [2.05, 4.69) is 13.8 Å². The number of esters is 1. The maximum Gasteiger partial charge on any atom is 0.331 e. The lowest BCUT2D eigenvalue weighted by Gasteiger charge is -2.48. The molecule has 1 aromatic rings. The minimum Gasteiger partial charge on any atom is -0.451 e. The van der Waals surface area contributed by atoms with Gasteiger partial charge in [-0.05, 0) is 59.3 Å². The molecule has 3 N–H and O–H groups in total. The molecule has 4 aliphatic carbocycles. The zero-order valence-corrected chi connectivity index (χ0v) is 20.6. The van der Waals surface area contributed by atoms with E-state index in [0.717, 1.165) is 12.0 Å². The standard InChI is InChI=1S/C29H34O6/c1-16-14-28-17(2)12-21-23(27(21,3)4)20(25(28)33)13-19(15-30)24(32)29(28,34)26(16)35-22(31)11-10-18-8-6-5-7-9-18/h5-11,13-14,17,20-21,23-24,26,30,32,34H,12,15H2,1-4H3/b11-10+/t17-,20+,21-,23+,24-,26+,28+,29+/m1/s1. The molecule has 0 aliphatic heterocycles. The Bertz CT molecular complexity index is 1150. The Morgan fingerprint density at radius 1 is 1.23 bits per heavy atom. The molecular formula is C29H34O6. The second-order valence-electron chi connectivity index (χ2n) is 11.4. The summed E-state index contributed by atoms with van der Waals surface area (Å²) < 4.78 is 5.77. The molecule has 5 rings (SSSR count). The first-order valence-electron chi connectivity index (χ1n) is 12.4. The highest BCUT2D eigenvalue weighted by Crippen LogP contribution is 2.71. The lowest BCUT2D eigenvalue weighted by molar-refractivity contribution is -0.201. The number of carbonyl (C=O) groups excluding carboxylic acids is 2. The molecule has 6 nitrogen and oxygen atoms in total. The highest BCUT2D eigenvalue weighted by molar-refractivity contribution is 5.95. The van der Waals surface area contributed by atoms with Crippen molar-refractivity contribution in [1.29, 1.82) is 0 Å². The third-order valence-corrected chi connectivity index (χ3v) is 9.34. The van der Waals surface area contributed by atoms with E-state index in [1.807, 2.05) is 37.3 Å². The van der Waals surface area contributed by atoms with Gasteiger partial charge in [0.25, 0.3) is 0 Å². The molecule has 0 aromatic heterocycles. The number of benzene rings is 1. The lowest BCUT2D eigenvalue weighted by atomic mass is 9.59. The van der Waals surface area contributed by atoms with Crippen LogP contribution in [0.1, 0.15) is 39.7 Å². The maximum atomic E-state index is 14.3. The topological polar surface area (TPSA) is 104 Å². The molecule has 4 aliphatic rings. The van der Waals surface area contributed by atoms with Crippen LogP contribution in [0, 0.1) is 34.5 Å².